The maximum absolute atomic E-state index is 11.2. The number of hydrogen-bond acceptors (Lipinski definition) is 5. The summed E-state index contributed by atoms with van der Waals surface area (Å²) >= 11 is 0. The number of carbonyl (C=O) groups is 1. The summed E-state index contributed by atoms with van der Waals surface area (Å²) in [5.74, 6) is -0.454. The molecule has 0 radical (unpaired) electrons. The largest absolute Gasteiger partial charge is 0.459 e. The molecule has 1 unspecified atom stereocenters. The molecule has 13 heavy (non-hydrogen) atoms. The summed E-state index contributed by atoms with van der Waals surface area (Å²) < 4.78 is 10.1. The van der Waals surface area contributed by atoms with Gasteiger partial charge >= 0.3 is 5.97 Å². The van der Waals surface area contributed by atoms with E-state index in [1.807, 2.05) is 0 Å². The molecule has 76 valence electrons. The van der Waals surface area contributed by atoms with Gasteiger partial charge in [0.05, 0.1) is 13.2 Å². The Hall–Kier alpha value is -0.650. The molecule has 3 N–H and O–H groups in total. The lowest BCUT2D eigenvalue weighted by Gasteiger charge is -2.13. The lowest BCUT2D eigenvalue weighted by molar-refractivity contribution is -0.151. The predicted octanol–water partition coefficient (Wildman–Crippen LogP) is -0.972. The van der Waals surface area contributed by atoms with Crippen molar-refractivity contribution in [2.24, 2.45) is 5.73 Å². The third-order valence-electron chi connectivity index (χ3n) is 1.91. The van der Waals surface area contributed by atoms with Gasteiger partial charge in [-0.1, -0.05) is 0 Å². The Bertz CT molecular complexity index is 168. The van der Waals surface area contributed by atoms with E-state index in [4.69, 9.17) is 20.3 Å². The van der Waals surface area contributed by atoms with E-state index >= 15 is 0 Å². The van der Waals surface area contributed by atoms with Crippen LogP contribution in [0.2, 0.25) is 0 Å². The van der Waals surface area contributed by atoms with Crippen LogP contribution in [0.3, 0.4) is 0 Å². The number of carbonyl (C=O) groups excluding carboxylic acids is 1. The second-order valence-electron chi connectivity index (χ2n) is 3.04. The van der Waals surface area contributed by atoms with Crippen molar-refractivity contribution in [2.75, 3.05) is 19.8 Å². The van der Waals surface area contributed by atoms with Gasteiger partial charge in [0.25, 0.3) is 0 Å². The van der Waals surface area contributed by atoms with Crippen molar-refractivity contribution < 1.29 is 19.4 Å². The smallest absolute Gasteiger partial charge is 0.323 e. The fourth-order valence-corrected chi connectivity index (χ4v) is 1.11. The van der Waals surface area contributed by atoms with E-state index in [0.29, 0.717) is 13.2 Å². The molecule has 1 saturated heterocycles. The minimum absolute atomic E-state index is 0.0998. The van der Waals surface area contributed by atoms with Crippen LogP contribution in [0.4, 0.5) is 0 Å². The van der Waals surface area contributed by atoms with E-state index in [1.54, 1.807) is 0 Å². The average Bonchev–Trinajstić information content (AvgIpc) is 2.57. The standard InChI is InChI=1S/C8H15NO4/c9-7(1-3-10)8(11)13-6-2-4-12-5-6/h6-7,10H,1-5,9H2/t6?,7-/m0/s1. The zero-order valence-electron chi connectivity index (χ0n) is 7.44. The van der Waals surface area contributed by atoms with Gasteiger partial charge in [0, 0.05) is 13.0 Å². The molecule has 0 aromatic rings. The number of ether oxygens (including phenoxy) is 2. The van der Waals surface area contributed by atoms with Gasteiger partial charge in [-0.3, -0.25) is 4.79 Å². The van der Waals surface area contributed by atoms with Gasteiger partial charge in [-0.25, -0.2) is 0 Å². The molecule has 1 fully saturated rings. The van der Waals surface area contributed by atoms with Crippen molar-refractivity contribution in [2.45, 2.75) is 25.0 Å². The molecule has 0 amide bonds. The van der Waals surface area contributed by atoms with Gasteiger partial charge in [-0.2, -0.15) is 0 Å². The lowest BCUT2D eigenvalue weighted by atomic mass is 10.2. The van der Waals surface area contributed by atoms with Crippen molar-refractivity contribution in [1.82, 2.24) is 0 Å². The van der Waals surface area contributed by atoms with Gasteiger partial charge in [-0.05, 0) is 6.42 Å². The first-order valence-electron chi connectivity index (χ1n) is 4.38. The number of rotatable bonds is 4. The highest BCUT2D eigenvalue weighted by Crippen LogP contribution is 2.09. The first-order valence-corrected chi connectivity index (χ1v) is 4.38. The second-order valence-corrected chi connectivity index (χ2v) is 3.04. The van der Waals surface area contributed by atoms with E-state index in [-0.39, 0.29) is 19.1 Å². The van der Waals surface area contributed by atoms with Gasteiger partial charge in [0.2, 0.25) is 0 Å². The quantitative estimate of drug-likeness (QED) is 0.556. The summed E-state index contributed by atoms with van der Waals surface area (Å²) in [4.78, 5) is 11.2. The van der Waals surface area contributed by atoms with E-state index in [1.165, 1.54) is 0 Å². The van der Waals surface area contributed by atoms with Gasteiger partial charge in [-0.15, -0.1) is 0 Å². The molecular formula is C8H15NO4. The number of nitrogens with two attached hydrogens (primary N) is 1. The number of aliphatic hydroxyl groups is 1. The molecule has 0 aliphatic carbocycles. The zero-order chi connectivity index (χ0) is 9.68. The summed E-state index contributed by atoms with van der Waals surface area (Å²) in [6.45, 7) is 0.988. The van der Waals surface area contributed by atoms with Crippen LogP contribution in [-0.4, -0.2) is 43.0 Å². The van der Waals surface area contributed by atoms with Crippen LogP contribution in [-0.2, 0) is 14.3 Å². The molecule has 0 bridgehead atoms. The van der Waals surface area contributed by atoms with Crippen LogP contribution in [0.5, 0.6) is 0 Å². The Morgan fingerprint density at radius 3 is 3.08 bits per heavy atom. The normalized spacial score (nSPS) is 24.3. The van der Waals surface area contributed by atoms with Crippen molar-refractivity contribution in [3.63, 3.8) is 0 Å². The predicted molar refractivity (Wildman–Crippen MR) is 45.0 cm³/mol. The van der Waals surface area contributed by atoms with Crippen LogP contribution in [0.15, 0.2) is 0 Å². The van der Waals surface area contributed by atoms with Crippen molar-refractivity contribution in [3.8, 4) is 0 Å². The maximum Gasteiger partial charge on any atom is 0.323 e. The fourth-order valence-electron chi connectivity index (χ4n) is 1.11. The average molecular weight is 189 g/mol. The molecule has 1 rings (SSSR count). The molecule has 5 heteroatoms. The number of esters is 1. The number of hydrogen-bond donors (Lipinski definition) is 2. The van der Waals surface area contributed by atoms with Crippen molar-refractivity contribution in [1.29, 1.82) is 0 Å². The number of aliphatic hydroxyl groups excluding tert-OH is 1. The Morgan fingerprint density at radius 2 is 2.54 bits per heavy atom. The van der Waals surface area contributed by atoms with E-state index < -0.39 is 12.0 Å². The molecule has 0 aromatic heterocycles. The summed E-state index contributed by atoms with van der Waals surface area (Å²) in [7, 11) is 0. The minimum atomic E-state index is -0.717. The SMILES string of the molecule is N[C@@H](CCO)C(=O)OC1CCOC1. The third-order valence-corrected chi connectivity index (χ3v) is 1.91. The summed E-state index contributed by atoms with van der Waals surface area (Å²) in [5, 5.41) is 8.53. The molecule has 5 nitrogen and oxygen atoms in total. The van der Waals surface area contributed by atoms with Crippen molar-refractivity contribution >= 4 is 5.97 Å². The van der Waals surface area contributed by atoms with E-state index in [0.717, 1.165) is 6.42 Å². The second kappa shape index (κ2) is 5.16. The molecule has 0 aromatic carbocycles. The fraction of sp³-hybridized carbons (Fsp3) is 0.875. The van der Waals surface area contributed by atoms with Crippen LogP contribution in [0.25, 0.3) is 0 Å². The molecule has 0 saturated carbocycles. The van der Waals surface area contributed by atoms with Crippen LogP contribution >= 0.6 is 0 Å². The summed E-state index contributed by atoms with van der Waals surface area (Å²) in [5.41, 5.74) is 5.43. The van der Waals surface area contributed by atoms with Crippen LogP contribution < -0.4 is 5.73 Å². The van der Waals surface area contributed by atoms with E-state index in [9.17, 15) is 4.79 Å². The maximum atomic E-state index is 11.2. The highest BCUT2D eigenvalue weighted by Gasteiger charge is 2.23. The highest BCUT2D eigenvalue weighted by atomic mass is 16.6. The third kappa shape index (κ3) is 3.30. The van der Waals surface area contributed by atoms with Gasteiger partial charge < -0.3 is 20.3 Å². The first-order chi connectivity index (χ1) is 6.24. The lowest BCUT2D eigenvalue weighted by Crippen LogP contribution is -2.35. The topological polar surface area (TPSA) is 81.8 Å². The zero-order valence-corrected chi connectivity index (χ0v) is 7.44. The Balaban J connectivity index is 2.22. The summed E-state index contributed by atoms with van der Waals surface area (Å²) in [6.07, 6.45) is 0.821. The van der Waals surface area contributed by atoms with E-state index in [2.05, 4.69) is 0 Å². The monoisotopic (exact) mass is 189 g/mol. The van der Waals surface area contributed by atoms with Crippen LogP contribution in [0, 0.1) is 0 Å². The van der Waals surface area contributed by atoms with Crippen LogP contribution in [0.1, 0.15) is 12.8 Å². The Kier molecular flexibility index (Phi) is 4.14. The van der Waals surface area contributed by atoms with Gasteiger partial charge in [0.15, 0.2) is 0 Å². The van der Waals surface area contributed by atoms with Gasteiger partial charge in [0.1, 0.15) is 12.1 Å². The molecule has 1 aliphatic rings. The Morgan fingerprint density at radius 1 is 1.77 bits per heavy atom. The minimum Gasteiger partial charge on any atom is -0.459 e. The first kappa shape index (κ1) is 10.4. The molecule has 2 atom stereocenters. The highest BCUT2D eigenvalue weighted by molar-refractivity contribution is 5.75. The molecule has 1 aliphatic heterocycles. The summed E-state index contributed by atoms with van der Waals surface area (Å²) in [6, 6.07) is -0.717. The van der Waals surface area contributed by atoms with Crippen molar-refractivity contribution in [3.05, 3.63) is 0 Å². The molecular weight excluding hydrogens is 174 g/mol. The Labute approximate surface area is 76.8 Å². The molecule has 0 spiro atoms. The molecule has 1 heterocycles.